The van der Waals surface area contributed by atoms with Gasteiger partial charge in [-0.3, -0.25) is 0 Å². The summed E-state index contributed by atoms with van der Waals surface area (Å²) in [7, 11) is -1.88. The van der Waals surface area contributed by atoms with Gasteiger partial charge in [-0.2, -0.15) is 5.10 Å². The van der Waals surface area contributed by atoms with Crippen LogP contribution >= 0.6 is 0 Å². The van der Waals surface area contributed by atoms with Crippen LogP contribution in [0.1, 0.15) is 22.6 Å². The number of benzene rings is 3. The van der Waals surface area contributed by atoms with E-state index in [4.69, 9.17) is 9.47 Å². The Kier molecular flexibility index (Phi) is 6.79. The van der Waals surface area contributed by atoms with E-state index in [1.54, 1.807) is 23.5 Å². The molecule has 0 N–H and O–H groups in total. The van der Waals surface area contributed by atoms with Crippen LogP contribution in [0.2, 0.25) is 0 Å². The first kappa shape index (κ1) is 26.1. The minimum Gasteiger partial charge on any atom is -0.382 e. The summed E-state index contributed by atoms with van der Waals surface area (Å²) in [5.74, 6) is 0.0957. The van der Waals surface area contributed by atoms with Crippen LogP contribution < -0.4 is 0 Å². The molecule has 6 rings (SSSR count). The van der Waals surface area contributed by atoms with Crippen molar-refractivity contribution in [1.82, 2.24) is 14.1 Å². The predicted octanol–water partition coefficient (Wildman–Crippen LogP) is 4.43. The van der Waals surface area contributed by atoms with E-state index in [1.807, 2.05) is 29.1 Å². The number of halogens is 1. The minimum atomic E-state index is -3.47. The molecule has 0 amide bonds. The van der Waals surface area contributed by atoms with Crippen LogP contribution in [0.15, 0.2) is 72.9 Å². The van der Waals surface area contributed by atoms with Gasteiger partial charge < -0.3 is 9.47 Å². The van der Waals surface area contributed by atoms with Crippen molar-refractivity contribution in [1.29, 1.82) is 0 Å². The number of ether oxygens (including phenoxy) is 2. The van der Waals surface area contributed by atoms with Gasteiger partial charge in [0.1, 0.15) is 5.82 Å². The van der Waals surface area contributed by atoms with Gasteiger partial charge in [0.05, 0.1) is 43.0 Å². The SMILES string of the molecule is COCCOCCS(=O)(=O)N1C[C@@H]2[C@@H](c3ccccc3)[C@]2(c2cc3cnn(-c4ccc(F)cc4)c3cc2C)C1. The lowest BCUT2D eigenvalue weighted by molar-refractivity contribution is 0.0782. The molecule has 1 saturated carbocycles. The molecule has 2 fully saturated rings. The van der Waals surface area contributed by atoms with Crippen molar-refractivity contribution in [2.45, 2.75) is 18.3 Å². The van der Waals surface area contributed by atoms with E-state index in [9.17, 15) is 12.8 Å². The molecule has 0 unspecified atom stereocenters. The lowest BCUT2D eigenvalue weighted by Gasteiger charge is -2.25. The molecule has 2 aliphatic rings. The standard InChI is InChI=1S/C30H32FN3O4S/c1-21-16-28-23(18-32-34(28)25-10-8-24(31)9-11-25)17-26(21)30-20-33(39(35,36)15-14-38-13-12-37-2)19-27(30)29(30)22-6-4-3-5-7-22/h3-11,16-18,27,29H,12-15,19-20H2,1-2H3/t27-,29-,30+/m1/s1. The summed E-state index contributed by atoms with van der Waals surface area (Å²) >= 11 is 0. The molecule has 3 aromatic carbocycles. The molecular weight excluding hydrogens is 517 g/mol. The molecule has 0 bridgehead atoms. The van der Waals surface area contributed by atoms with E-state index in [0.29, 0.717) is 26.3 Å². The topological polar surface area (TPSA) is 73.7 Å². The van der Waals surface area contributed by atoms with E-state index < -0.39 is 10.0 Å². The summed E-state index contributed by atoms with van der Waals surface area (Å²) in [4.78, 5) is 0. The van der Waals surface area contributed by atoms with Gasteiger partial charge in [0.15, 0.2) is 0 Å². The van der Waals surface area contributed by atoms with Gasteiger partial charge in [0, 0.05) is 36.9 Å². The Balaban J connectivity index is 1.34. The molecule has 7 nitrogen and oxygen atoms in total. The summed E-state index contributed by atoms with van der Waals surface area (Å²) in [5.41, 5.74) is 4.92. The highest BCUT2D eigenvalue weighted by atomic mass is 32.2. The third-order valence-corrected chi connectivity index (χ3v) is 10.1. The smallest absolute Gasteiger partial charge is 0.216 e. The molecule has 1 aromatic heterocycles. The van der Waals surface area contributed by atoms with Crippen LogP contribution in [0.3, 0.4) is 0 Å². The number of sulfonamides is 1. The molecule has 39 heavy (non-hydrogen) atoms. The fourth-order valence-corrected chi connectivity index (χ4v) is 7.82. The van der Waals surface area contributed by atoms with Gasteiger partial charge in [-0.15, -0.1) is 0 Å². The number of piperidine rings is 1. The quantitative estimate of drug-likeness (QED) is 0.274. The van der Waals surface area contributed by atoms with Gasteiger partial charge >= 0.3 is 0 Å². The zero-order valence-electron chi connectivity index (χ0n) is 22.1. The first-order valence-electron chi connectivity index (χ1n) is 13.2. The lowest BCUT2D eigenvalue weighted by Crippen LogP contribution is -2.37. The van der Waals surface area contributed by atoms with Crippen molar-refractivity contribution in [2.75, 3.05) is 45.8 Å². The first-order chi connectivity index (χ1) is 18.8. The van der Waals surface area contributed by atoms with Crippen molar-refractivity contribution >= 4 is 20.9 Å². The van der Waals surface area contributed by atoms with Crippen LogP contribution in [-0.4, -0.2) is 68.3 Å². The molecular formula is C30H32FN3O4S. The highest BCUT2D eigenvalue weighted by Gasteiger charge is 2.71. The summed E-state index contributed by atoms with van der Waals surface area (Å²) < 4.78 is 54.0. The van der Waals surface area contributed by atoms with Gasteiger partial charge in [0.25, 0.3) is 0 Å². The maximum atomic E-state index is 13.5. The zero-order valence-corrected chi connectivity index (χ0v) is 22.9. The second-order valence-electron chi connectivity index (χ2n) is 10.5. The minimum absolute atomic E-state index is 0.0437. The van der Waals surface area contributed by atoms with Gasteiger partial charge in [-0.25, -0.2) is 21.8 Å². The van der Waals surface area contributed by atoms with Crippen LogP contribution in [-0.2, 0) is 24.9 Å². The van der Waals surface area contributed by atoms with Gasteiger partial charge in [0.2, 0.25) is 10.0 Å². The van der Waals surface area contributed by atoms with E-state index in [2.05, 4.69) is 36.3 Å². The summed E-state index contributed by atoms with van der Waals surface area (Å²) in [6.45, 7) is 3.98. The highest BCUT2D eigenvalue weighted by Crippen LogP contribution is 2.70. The Hall–Kier alpha value is -3.11. The Morgan fingerprint density at radius 3 is 2.56 bits per heavy atom. The predicted molar refractivity (Wildman–Crippen MR) is 148 cm³/mol. The number of nitrogens with zero attached hydrogens (tertiary/aromatic N) is 3. The molecule has 4 aromatic rings. The maximum Gasteiger partial charge on any atom is 0.216 e. The average Bonchev–Trinajstić information content (AvgIpc) is 3.19. The van der Waals surface area contributed by atoms with E-state index in [0.717, 1.165) is 22.2 Å². The number of rotatable bonds is 10. The Morgan fingerprint density at radius 2 is 1.82 bits per heavy atom. The first-order valence-corrected chi connectivity index (χ1v) is 14.8. The molecule has 1 aliphatic carbocycles. The van der Waals surface area contributed by atoms with E-state index in [-0.39, 0.29) is 35.4 Å². The van der Waals surface area contributed by atoms with Crippen molar-refractivity contribution in [3.63, 3.8) is 0 Å². The summed E-state index contributed by atoms with van der Waals surface area (Å²) in [6, 6.07) is 21.0. The second-order valence-corrected chi connectivity index (χ2v) is 12.6. The largest absolute Gasteiger partial charge is 0.382 e. The fourth-order valence-electron chi connectivity index (χ4n) is 6.44. The van der Waals surface area contributed by atoms with Crippen LogP contribution in [0, 0.1) is 18.7 Å². The van der Waals surface area contributed by atoms with Crippen LogP contribution in [0.5, 0.6) is 0 Å². The van der Waals surface area contributed by atoms with E-state index in [1.165, 1.54) is 23.3 Å². The molecule has 1 saturated heterocycles. The number of hydrogen-bond donors (Lipinski definition) is 0. The number of methoxy groups -OCH3 is 1. The third-order valence-electron chi connectivity index (χ3n) is 8.30. The number of aromatic nitrogens is 2. The lowest BCUT2D eigenvalue weighted by atomic mass is 9.87. The van der Waals surface area contributed by atoms with Crippen molar-refractivity contribution < 1.29 is 22.3 Å². The third kappa shape index (κ3) is 4.57. The molecule has 9 heteroatoms. The number of hydrogen-bond acceptors (Lipinski definition) is 5. The Bertz CT molecular complexity index is 1590. The summed E-state index contributed by atoms with van der Waals surface area (Å²) in [6.07, 6.45) is 1.83. The number of aryl methyl sites for hydroxylation is 1. The van der Waals surface area contributed by atoms with Crippen molar-refractivity contribution in [3.8, 4) is 5.69 Å². The number of fused-ring (bicyclic) bond motifs is 2. The molecule has 1 aliphatic heterocycles. The monoisotopic (exact) mass is 549 g/mol. The highest BCUT2D eigenvalue weighted by molar-refractivity contribution is 7.89. The van der Waals surface area contributed by atoms with Crippen molar-refractivity contribution in [2.24, 2.45) is 5.92 Å². The maximum absolute atomic E-state index is 13.5. The van der Waals surface area contributed by atoms with Gasteiger partial charge in [-0.1, -0.05) is 30.3 Å². The molecule has 3 atom stereocenters. The van der Waals surface area contributed by atoms with E-state index >= 15 is 0 Å². The Labute approximate surface area is 228 Å². The molecule has 0 spiro atoms. The molecule has 0 radical (unpaired) electrons. The average molecular weight is 550 g/mol. The zero-order chi connectivity index (χ0) is 27.2. The van der Waals surface area contributed by atoms with Crippen LogP contribution in [0.4, 0.5) is 4.39 Å². The molecule has 2 heterocycles. The second kappa shape index (κ2) is 10.1. The van der Waals surface area contributed by atoms with Crippen LogP contribution in [0.25, 0.3) is 16.6 Å². The Morgan fingerprint density at radius 1 is 1.05 bits per heavy atom. The van der Waals surface area contributed by atoms with Crippen molar-refractivity contribution in [3.05, 3.63) is 95.4 Å². The van der Waals surface area contributed by atoms with Gasteiger partial charge in [-0.05, 0) is 65.9 Å². The molecule has 204 valence electrons. The summed E-state index contributed by atoms with van der Waals surface area (Å²) in [5, 5.41) is 5.56. The normalized spacial score (nSPS) is 22.8. The fraction of sp³-hybridized carbons (Fsp3) is 0.367.